The molecule has 3 rings (SSSR count). The second-order valence-electron chi connectivity index (χ2n) is 5.26. The number of rotatable bonds is 2. The molecule has 102 valence electrons. The molecule has 0 amide bonds. The molecule has 0 aliphatic heterocycles. The fourth-order valence-corrected chi connectivity index (χ4v) is 2.58. The highest BCUT2D eigenvalue weighted by molar-refractivity contribution is 5.83. The standard InChI is InChI=1S/C16H18N4/c1-5-13-12(8-11(4)19-20-13)16-17-14-7-9(2)6-10(3)15(14)18-16/h6-8H,5H2,1-4H3,(H,17,18). The molecule has 20 heavy (non-hydrogen) atoms. The van der Waals surface area contributed by atoms with Gasteiger partial charge in [-0.05, 0) is 50.5 Å². The second-order valence-corrected chi connectivity index (χ2v) is 5.26. The Morgan fingerprint density at radius 1 is 1.05 bits per heavy atom. The average molecular weight is 266 g/mol. The summed E-state index contributed by atoms with van der Waals surface area (Å²) >= 11 is 0. The van der Waals surface area contributed by atoms with Crippen LogP contribution in [0.2, 0.25) is 0 Å². The number of aromatic amines is 1. The summed E-state index contributed by atoms with van der Waals surface area (Å²) in [7, 11) is 0. The van der Waals surface area contributed by atoms with E-state index in [1.54, 1.807) is 0 Å². The van der Waals surface area contributed by atoms with Gasteiger partial charge in [0.05, 0.1) is 22.4 Å². The van der Waals surface area contributed by atoms with Crippen LogP contribution in [0.25, 0.3) is 22.4 Å². The van der Waals surface area contributed by atoms with E-state index in [1.807, 2.05) is 13.0 Å². The van der Waals surface area contributed by atoms with Gasteiger partial charge in [-0.25, -0.2) is 4.98 Å². The van der Waals surface area contributed by atoms with Gasteiger partial charge in [0.1, 0.15) is 5.82 Å². The van der Waals surface area contributed by atoms with E-state index in [9.17, 15) is 0 Å². The van der Waals surface area contributed by atoms with Crippen LogP contribution < -0.4 is 0 Å². The number of hydrogen-bond donors (Lipinski definition) is 1. The highest BCUT2D eigenvalue weighted by Crippen LogP contribution is 2.25. The van der Waals surface area contributed by atoms with E-state index in [1.165, 1.54) is 11.1 Å². The summed E-state index contributed by atoms with van der Waals surface area (Å²) < 4.78 is 0. The molecular weight excluding hydrogens is 248 g/mol. The molecule has 2 aromatic heterocycles. The molecule has 4 nitrogen and oxygen atoms in total. The van der Waals surface area contributed by atoms with Crippen LogP contribution in [0.1, 0.15) is 29.4 Å². The first-order chi connectivity index (χ1) is 9.58. The fraction of sp³-hybridized carbons (Fsp3) is 0.312. The van der Waals surface area contributed by atoms with Gasteiger partial charge < -0.3 is 4.98 Å². The second kappa shape index (κ2) is 4.71. The Bertz CT molecular complexity index is 787. The van der Waals surface area contributed by atoms with Crippen molar-refractivity contribution in [3.8, 4) is 11.4 Å². The lowest BCUT2D eigenvalue weighted by Gasteiger charge is -2.03. The first kappa shape index (κ1) is 12.8. The minimum absolute atomic E-state index is 0.845. The zero-order chi connectivity index (χ0) is 14.3. The summed E-state index contributed by atoms with van der Waals surface area (Å²) in [5.74, 6) is 0.878. The predicted octanol–water partition coefficient (Wildman–Crippen LogP) is 3.51. The van der Waals surface area contributed by atoms with Crippen LogP contribution in [0.5, 0.6) is 0 Å². The molecule has 0 aliphatic rings. The molecular formula is C16H18N4. The Labute approximate surface area is 118 Å². The Hall–Kier alpha value is -2.23. The van der Waals surface area contributed by atoms with Gasteiger partial charge in [-0.15, -0.1) is 0 Å². The largest absolute Gasteiger partial charge is 0.338 e. The number of aromatic nitrogens is 4. The van der Waals surface area contributed by atoms with Crippen molar-refractivity contribution in [3.05, 3.63) is 40.7 Å². The highest BCUT2D eigenvalue weighted by Gasteiger charge is 2.12. The molecule has 0 bridgehead atoms. The molecule has 0 spiro atoms. The summed E-state index contributed by atoms with van der Waals surface area (Å²) in [4.78, 5) is 8.17. The van der Waals surface area contributed by atoms with Crippen LogP contribution in [-0.2, 0) is 6.42 Å². The number of H-pyrrole nitrogens is 1. The lowest BCUT2D eigenvalue weighted by atomic mass is 10.1. The molecule has 0 atom stereocenters. The SMILES string of the molecule is CCc1nnc(C)cc1-c1nc2c(C)cc(C)cc2[nH]1. The first-order valence-corrected chi connectivity index (χ1v) is 6.89. The van der Waals surface area contributed by atoms with Gasteiger partial charge in [0.2, 0.25) is 0 Å². The molecule has 0 radical (unpaired) electrons. The Morgan fingerprint density at radius 2 is 1.85 bits per heavy atom. The van der Waals surface area contributed by atoms with Gasteiger partial charge in [-0.3, -0.25) is 0 Å². The number of imidazole rings is 1. The summed E-state index contributed by atoms with van der Waals surface area (Å²) in [5, 5.41) is 8.40. The van der Waals surface area contributed by atoms with Crippen molar-refractivity contribution in [1.82, 2.24) is 20.2 Å². The van der Waals surface area contributed by atoms with Crippen molar-refractivity contribution in [2.75, 3.05) is 0 Å². The van der Waals surface area contributed by atoms with E-state index in [-0.39, 0.29) is 0 Å². The third-order valence-electron chi connectivity index (χ3n) is 3.50. The lowest BCUT2D eigenvalue weighted by Crippen LogP contribution is -1.98. The highest BCUT2D eigenvalue weighted by atomic mass is 15.1. The Morgan fingerprint density at radius 3 is 2.60 bits per heavy atom. The van der Waals surface area contributed by atoms with Crippen LogP contribution in [0.15, 0.2) is 18.2 Å². The molecule has 0 saturated carbocycles. The van der Waals surface area contributed by atoms with Gasteiger partial charge in [0.25, 0.3) is 0 Å². The zero-order valence-corrected chi connectivity index (χ0v) is 12.3. The maximum Gasteiger partial charge on any atom is 0.140 e. The van der Waals surface area contributed by atoms with E-state index >= 15 is 0 Å². The summed E-state index contributed by atoms with van der Waals surface area (Å²) in [5.41, 5.74) is 7.48. The van der Waals surface area contributed by atoms with Gasteiger partial charge >= 0.3 is 0 Å². The smallest absolute Gasteiger partial charge is 0.140 e. The molecule has 3 aromatic rings. The van der Waals surface area contributed by atoms with Crippen molar-refractivity contribution in [2.45, 2.75) is 34.1 Å². The van der Waals surface area contributed by atoms with E-state index in [4.69, 9.17) is 4.98 Å². The fourth-order valence-electron chi connectivity index (χ4n) is 2.58. The third-order valence-corrected chi connectivity index (χ3v) is 3.50. The monoisotopic (exact) mass is 266 g/mol. The lowest BCUT2D eigenvalue weighted by molar-refractivity contribution is 0.893. The maximum atomic E-state index is 4.75. The zero-order valence-electron chi connectivity index (χ0n) is 12.3. The summed E-state index contributed by atoms with van der Waals surface area (Å²) in [6, 6.07) is 6.33. The van der Waals surface area contributed by atoms with E-state index in [0.717, 1.165) is 40.2 Å². The number of fused-ring (bicyclic) bond motifs is 1. The third kappa shape index (κ3) is 2.07. The Kier molecular flexibility index (Phi) is 3.01. The summed E-state index contributed by atoms with van der Waals surface area (Å²) in [6.45, 7) is 8.23. The van der Waals surface area contributed by atoms with E-state index < -0.39 is 0 Å². The quantitative estimate of drug-likeness (QED) is 0.772. The van der Waals surface area contributed by atoms with Crippen LogP contribution in [0.4, 0.5) is 0 Å². The van der Waals surface area contributed by atoms with Crippen LogP contribution in [-0.4, -0.2) is 20.2 Å². The minimum atomic E-state index is 0.845. The predicted molar refractivity (Wildman–Crippen MR) is 80.7 cm³/mol. The molecule has 2 heterocycles. The number of nitrogens with one attached hydrogen (secondary N) is 1. The minimum Gasteiger partial charge on any atom is -0.338 e. The number of benzene rings is 1. The first-order valence-electron chi connectivity index (χ1n) is 6.89. The van der Waals surface area contributed by atoms with Crippen LogP contribution in [0.3, 0.4) is 0 Å². The summed E-state index contributed by atoms with van der Waals surface area (Å²) in [6.07, 6.45) is 0.845. The normalized spacial score (nSPS) is 11.2. The molecule has 0 fully saturated rings. The van der Waals surface area contributed by atoms with Gasteiger partial charge in [0.15, 0.2) is 0 Å². The number of hydrogen-bond acceptors (Lipinski definition) is 3. The van der Waals surface area contributed by atoms with Crippen molar-refractivity contribution in [3.63, 3.8) is 0 Å². The van der Waals surface area contributed by atoms with Gasteiger partial charge in [-0.1, -0.05) is 13.0 Å². The number of aryl methyl sites for hydroxylation is 4. The molecule has 0 aliphatic carbocycles. The average Bonchev–Trinajstić information content (AvgIpc) is 2.82. The van der Waals surface area contributed by atoms with Crippen molar-refractivity contribution >= 4 is 11.0 Å². The topological polar surface area (TPSA) is 54.5 Å². The molecule has 0 saturated heterocycles. The van der Waals surface area contributed by atoms with Crippen molar-refractivity contribution in [2.24, 2.45) is 0 Å². The van der Waals surface area contributed by atoms with E-state index in [2.05, 4.69) is 48.1 Å². The molecule has 1 N–H and O–H groups in total. The van der Waals surface area contributed by atoms with Crippen molar-refractivity contribution in [1.29, 1.82) is 0 Å². The Balaban J connectivity index is 2.25. The molecule has 0 unspecified atom stereocenters. The van der Waals surface area contributed by atoms with E-state index in [0.29, 0.717) is 0 Å². The van der Waals surface area contributed by atoms with Gasteiger partial charge in [0, 0.05) is 5.56 Å². The maximum absolute atomic E-state index is 4.75. The number of nitrogens with zero attached hydrogens (tertiary/aromatic N) is 3. The molecule has 1 aromatic carbocycles. The van der Waals surface area contributed by atoms with Crippen LogP contribution in [0, 0.1) is 20.8 Å². The van der Waals surface area contributed by atoms with Crippen molar-refractivity contribution < 1.29 is 0 Å². The van der Waals surface area contributed by atoms with Crippen LogP contribution >= 0.6 is 0 Å². The molecule has 4 heteroatoms. The van der Waals surface area contributed by atoms with Gasteiger partial charge in [-0.2, -0.15) is 10.2 Å².